The fourth-order valence-corrected chi connectivity index (χ4v) is 1.67. The molecule has 0 aliphatic heterocycles. The normalized spacial score (nSPS) is 13.9. The Balaban J connectivity index is 3.24. The third kappa shape index (κ3) is 4.35. The molecule has 2 N–H and O–H groups in total. The summed E-state index contributed by atoms with van der Waals surface area (Å²) >= 11 is 0. The molecule has 0 aliphatic carbocycles. The predicted octanol–water partition coefficient (Wildman–Crippen LogP) is 2.77. The molecule has 9 heteroatoms. The largest absolute Gasteiger partial charge is 0.468 e. The van der Waals surface area contributed by atoms with Gasteiger partial charge in [-0.25, -0.2) is 0 Å². The van der Waals surface area contributed by atoms with Crippen molar-refractivity contribution in [3.05, 3.63) is 34.9 Å². The Kier molecular flexibility index (Phi) is 4.87. The second-order valence-corrected chi connectivity index (χ2v) is 4.20. The van der Waals surface area contributed by atoms with E-state index in [0.29, 0.717) is 12.1 Å². The standard InChI is InChI=1S/C12H11F6NO2/c1-21-10(20)9(19)4-6-2-3-7(11(13,14)15)5-8(6)12(16,17)18/h2-3,5,9H,4,19H2,1H3/t9-/m0/s1. The molecular formula is C12H11F6NO2. The van der Waals surface area contributed by atoms with E-state index in [-0.39, 0.29) is 6.07 Å². The van der Waals surface area contributed by atoms with Crippen LogP contribution in [0.2, 0.25) is 0 Å². The molecule has 1 aromatic carbocycles. The fourth-order valence-electron chi connectivity index (χ4n) is 1.67. The molecule has 0 saturated carbocycles. The minimum absolute atomic E-state index is 0.000662. The van der Waals surface area contributed by atoms with E-state index in [0.717, 1.165) is 7.11 Å². The van der Waals surface area contributed by atoms with Crippen LogP contribution in [-0.2, 0) is 28.3 Å². The van der Waals surface area contributed by atoms with E-state index in [9.17, 15) is 31.1 Å². The molecule has 0 saturated heterocycles. The van der Waals surface area contributed by atoms with E-state index in [1.165, 1.54) is 0 Å². The molecule has 0 heterocycles. The van der Waals surface area contributed by atoms with Gasteiger partial charge < -0.3 is 10.5 Å². The number of hydrogen-bond acceptors (Lipinski definition) is 3. The van der Waals surface area contributed by atoms with Gasteiger partial charge in [0.1, 0.15) is 6.04 Å². The molecule has 0 bridgehead atoms. The number of carbonyl (C=O) groups excluding carboxylic acids is 1. The second kappa shape index (κ2) is 5.92. The van der Waals surface area contributed by atoms with Crippen LogP contribution >= 0.6 is 0 Å². The molecule has 0 aliphatic rings. The maximum atomic E-state index is 12.8. The molecule has 0 fully saturated rings. The summed E-state index contributed by atoms with van der Waals surface area (Å²) in [4.78, 5) is 11.1. The second-order valence-electron chi connectivity index (χ2n) is 4.20. The van der Waals surface area contributed by atoms with Gasteiger partial charge in [0.15, 0.2) is 0 Å². The van der Waals surface area contributed by atoms with Gasteiger partial charge in [0.2, 0.25) is 0 Å². The first kappa shape index (κ1) is 17.3. The van der Waals surface area contributed by atoms with Crippen LogP contribution in [0.1, 0.15) is 16.7 Å². The minimum Gasteiger partial charge on any atom is -0.468 e. The first-order valence-electron chi connectivity index (χ1n) is 5.57. The lowest BCUT2D eigenvalue weighted by atomic mass is 9.97. The zero-order valence-corrected chi connectivity index (χ0v) is 10.7. The molecule has 0 radical (unpaired) electrons. The number of benzene rings is 1. The number of nitrogens with two attached hydrogens (primary N) is 1. The van der Waals surface area contributed by atoms with Crippen molar-refractivity contribution in [3.8, 4) is 0 Å². The van der Waals surface area contributed by atoms with E-state index >= 15 is 0 Å². The number of hydrogen-bond donors (Lipinski definition) is 1. The molecule has 0 aromatic heterocycles. The van der Waals surface area contributed by atoms with Crippen molar-refractivity contribution < 1.29 is 35.9 Å². The third-order valence-electron chi connectivity index (χ3n) is 2.69. The Labute approximate surface area is 115 Å². The average Bonchev–Trinajstić information content (AvgIpc) is 2.35. The monoisotopic (exact) mass is 315 g/mol. The maximum absolute atomic E-state index is 12.8. The maximum Gasteiger partial charge on any atom is 0.416 e. The van der Waals surface area contributed by atoms with E-state index in [2.05, 4.69) is 4.74 Å². The van der Waals surface area contributed by atoms with Crippen molar-refractivity contribution in [1.82, 2.24) is 0 Å². The first-order valence-corrected chi connectivity index (χ1v) is 5.57. The van der Waals surface area contributed by atoms with Crippen LogP contribution in [-0.4, -0.2) is 19.1 Å². The highest BCUT2D eigenvalue weighted by Gasteiger charge is 2.38. The van der Waals surface area contributed by atoms with Crippen LogP contribution in [0.5, 0.6) is 0 Å². The van der Waals surface area contributed by atoms with Crippen molar-refractivity contribution in [2.45, 2.75) is 24.8 Å². The minimum atomic E-state index is -4.99. The van der Waals surface area contributed by atoms with Gasteiger partial charge in [-0.3, -0.25) is 4.79 Å². The summed E-state index contributed by atoms with van der Waals surface area (Å²) in [6.07, 6.45) is -10.5. The molecule has 0 spiro atoms. The van der Waals surface area contributed by atoms with E-state index in [4.69, 9.17) is 5.73 Å². The number of rotatable bonds is 3. The summed E-state index contributed by atoms with van der Waals surface area (Å²) in [5.41, 5.74) is 1.92. The molecular weight excluding hydrogens is 304 g/mol. The number of carbonyl (C=O) groups is 1. The topological polar surface area (TPSA) is 52.3 Å². The Bertz CT molecular complexity index is 523. The van der Waals surface area contributed by atoms with Gasteiger partial charge in [-0.2, -0.15) is 26.3 Å². The summed E-state index contributed by atoms with van der Waals surface area (Å²) in [5, 5.41) is 0. The highest BCUT2D eigenvalue weighted by atomic mass is 19.4. The number of ether oxygens (including phenoxy) is 1. The Hall–Kier alpha value is -1.77. The van der Waals surface area contributed by atoms with Gasteiger partial charge in [-0.15, -0.1) is 0 Å². The van der Waals surface area contributed by atoms with E-state index in [1.54, 1.807) is 0 Å². The summed E-state index contributed by atoms with van der Waals surface area (Å²) in [6, 6.07) is -0.227. The first-order chi connectivity index (χ1) is 9.46. The molecule has 3 nitrogen and oxygen atoms in total. The van der Waals surface area contributed by atoms with Crippen molar-refractivity contribution in [3.63, 3.8) is 0 Å². The molecule has 0 amide bonds. The molecule has 1 rings (SSSR count). The number of halogens is 6. The van der Waals surface area contributed by atoms with Crippen LogP contribution < -0.4 is 5.73 Å². The molecule has 1 atom stereocenters. The van der Waals surface area contributed by atoms with Gasteiger partial charge >= 0.3 is 18.3 Å². The molecule has 0 unspecified atom stereocenters. The van der Waals surface area contributed by atoms with Crippen molar-refractivity contribution >= 4 is 5.97 Å². The van der Waals surface area contributed by atoms with Crippen molar-refractivity contribution in [2.75, 3.05) is 7.11 Å². The molecule has 118 valence electrons. The van der Waals surface area contributed by atoms with Crippen LogP contribution in [0.3, 0.4) is 0 Å². The zero-order chi connectivity index (χ0) is 16.4. The number of alkyl halides is 6. The predicted molar refractivity (Wildman–Crippen MR) is 60.1 cm³/mol. The summed E-state index contributed by atoms with van der Waals surface area (Å²) in [6.45, 7) is 0. The summed E-state index contributed by atoms with van der Waals surface area (Å²) in [7, 11) is 1.000. The lowest BCUT2D eigenvalue weighted by Crippen LogP contribution is -2.34. The van der Waals surface area contributed by atoms with Gasteiger partial charge in [0.25, 0.3) is 0 Å². The van der Waals surface area contributed by atoms with Crippen LogP contribution in [0, 0.1) is 0 Å². The van der Waals surface area contributed by atoms with Gasteiger partial charge in [-0.1, -0.05) is 6.07 Å². The van der Waals surface area contributed by atoms with E-state index in [1.807, 2.05) is 0 Å². The lowest BCUT2D eigenvalue weighted by Gasteiger charge is -2.17. The fraction of sp³-hybridized carbons (Fsp3) is 0.417. The Morgan fingerprint density at radius 2 is 1.76 bits per heavy atom. The number of methoxy groups -OCH3 is 1. The highest BCUT2D eigenvalue weighted by molar-refractivity contribution is 5.75. The van der Waals surface area contributed by atoms with Crippen molar-refractivity contribution in [1.29, 1.82) is 0 Å². The van der Waals surface area contributed by atoms with Crippen LogP contribution in [0.15, 0.2) is 18.2 Å². The number of esters is 1. The quantitative estimate of drug-likeness (QED) is 0.689. The van der Waals surface area contributed by atoms with Crippen LogP contribution in [0.25, 0.3) is 0 Å². The van der Waals surface area contributed by atoms with E-state index < -0.39 is 47.5 Å². The summed E-state index contributed by atoms with van der Waals surface area (Å²) in [5.74, 6) is -0.956. The third-order valence-corrected chi connectivity index (χ3v) is 2.69. The molecule has 1 aromatic rings. The average molecular weight is 315 g/mol. The molecule has 21 heavy (non-hydrogen) atoms. The van der Waals surface area contributed by atoms with Gasteiger partial charge in [0.05, 0.1) is 18.2 Å². The van der Waals surface area contributed by atoms with Gasteiger partial charge in [0, 0.05) is 0 Å². The SMILES string of the molecule is COC(=O)[C@@H](N)Cc1ccc(C(F)(F)F)cc1C(F)(F)F. The van der Waals surface area contributed by atoms with Crippen LogP contribution in [0.4, 0.5) is 26.3 Å². The highest BCUT2D eigenvalue weighted by Crippen LogP contribution is 2.37. The van der Waals surface area contributed by atoms with Crippen molar-refractivity contribution in [2.24, 2.45) is 5.73 Å². The smallest absolute Gasteiger partial charge is 0.416 e. The Morgan fingerprint density at radius 1 is 1.19 bits per heavy atom. The van der Waals surface area contributed by atoms with Gasteiger partial charge in [-0.05, 0) is 24.1 Å². The lowest BCUT2D eigenvalue weighted by molar-refractivity contribution is -0.145. The zero-order valence-electron chi connectivity index (χ0n) is 10.7. The Morgan fingerprint density at radius 3 is 2.19 bits per heavy atom. The summed E-state index contributed by atoms with van der Waals surface area (Å²) < 4.78 is 80.1.